The number of nitrogens with zero attached hydrogens (tertiary/aromatic N) is 3. The van der Waals surface area contributed by atoms with E-state index in [1.807, 2.05) is 12.1 Å². The molecule has 0 aromatic carbocycles. The molecule has 6 nitrogen and oxygen atoms in total. The van der Waals surface area contributed by atoms with Crippen molar-refractivity contribution in [3.8, 4) is 0 Å². The molecule has 0 saturated carbocycles. The molecule has 3 N–H and O–H groups in total. The molecule has 0 spiro atoms. The molecule has 3 rings (SSSR count). The van der Waals surface area contributed by atoms with Crippen molar-refractivity contribution in [3.05, 3.63) is 34.4 Å². The van der Waals surface area contributed by atoms with Crippen molar-refractivity contribution in [2.45, 2.75) is 19.3 Å². The summed E-state index contributed by atoms with van der Waals surface area (Å²) in [6.07, 6.45) is 4.83. The number of nitrogens with two attached hydrogens (primary N) is 1. The maximum Gasteiger partial charge on any atom is 0.275 e. The van der Waals surface area contributed by atoms with Crippen LogP contribution in [0.3, 0.4) is 0 Å². The van der Waals surface area contributed by atoms with Crippen LogP contribution in [0.25, 0.3) is 0 Å². The average molecular weight is 317 g/mol. The first-order chi connectivity index (χ1) is 10.8. The number of aromatic nitrogens is 2. The fraction of sp³-hybridized carbons (Fsp3) is 0.400. The van der Waals surface area contributed by atoms with Gasteiger partial charge in [-0.05, 0) is 31.5 Å². The summed E-state index contributed by atoms with van der Waals surface area (Å²) in [5.74, 6) is 0.754. The molecular weight excluding hydrogens is 298 g/mol. The van der Waals surface area contributed by atoms with Crippen LogP contribution in [0.1, 0.15) is 28.3 Å². The topological polar surface area (TPSA) is 84.1 Å². The fourth-order valence-electron chi connectivity index (χ4n) is 2.44. The monoisotopic (exact) mass is 317 g/mol. The van der Waals surface area contributed by atoms with Crippen molar-refractivity contribution in [3.63, 3.8) is 0 Å². The highest BCUT2D eigenvalue weighted by Crippen LogP contribution is 2.19. The van der Waals surface area contributed by atoms with Crippen LogP contribution in [0, 0.1) is 0 Å². The summed E-state index contributed by atoms with van der Waals surface area (Å²) in [7, 11) is 0. The van der Waals surface area contributed by atoms with Crippen LogP contribution in [-0.4, -0.2) is 35.5 Å². The Morgan fingerprint density at radius 2 is 2.18 bits per heavy atom. The Balaban J connectivity index is 1.63. The second-order valence-corrected chi connectivity index (χ2v) is 6.16. The van der Waals surface area contributed by atoms with E-state index in [0.29, 0.717) is 24.3 Å². The third kappa shape index (κ3) is 3.42. The Labute approximate surface area is 133 Å². The fourth-order valence-corrected chi connectivity index (χ4v) is 3.24. The Kier molecular flexibility index (Phi) is 4.65. The van der Waals surface area contributed by atoms with Crippen LogP contribution in [0.4, 0.5) is 11.5 Å². The number of amides is 1. The molecule has 1 saturated heterocycles. The van der Waals surface area contributed by atoms with E-state index in [9.17, 15) is 4.79 Å². The molecule has 0 bridgehead atoms. The Bertz CT molecular complexity index is 634. The summed E-state index contributed by atoms with van der Waals surface area (Å²) in [4.78, 5) is 23.1. The van der Waals surface area contributed by atoms with Crippen molar-refractivity contribution in [1.29, 1.82) is 0 Å². The zero-order valence-electron chi connectivity index (χ0n) is 12.3. The Morgan fingerprint density at radius 3 is 2.86 bits per heavy atom. The predicted molar refractivity (Wildman–Crippen MR) is 88.5 cm³/mol. The molecule has 0 radical (unpaired) electrons. The van der Waals surface area contributed by atoms with E-state index >= 15 is 0 Å². The van der Waals surface area contributed by atoms with E-state index in [1.54, 1.807) is 11.6 Å². The summed E-state index contributed by atoms with van der Waals surface area (Å²) in [6.45, 7) is 2.65. The minimum Gasteiger partial charge on any atom is -0.357 e. The van der Waals surface area contributed by atoms with Gasteiger partial charge in [0.05, 0.1) is 16.9 Å². The minimum atomic E-state index is -0.213. The molecule has 1 fully saturated rings. The van der Waals surface area contributed by atoms with Gasteiger partial charge < -0.3 is 16.0 Å². The molecule has 1 amide bonds. The molecule has 1 aliphatic rings. The number of carbonyl (C=O) groups is 1. The number of hydrogen-bond donors (Lipinski definition) is 2. The van der Waals surface area contributed by atoms with Gasteiger partial charge in [-0.25, -0.2) is 9.97 Å². The molecule has 116 valence electrons. The lowest BCUT2D eigenvalue weighted by molar-refractivity contribution is 0.102. The smallest absolute Gasteiger partial charge is 0.275 e. The summed E-state index contributed by atoms with van der Waals surface area (Å²) in [6, 6.07) is 3.83. The van der Waals surface area contributed by atoms with E-state index in [0.717, 1.165) is 23.9 Å². The van der Waals surface area contributed by atoms with Crippen LogP contribution in [-0.2, 0) is 6.42 Å². The SMILES string of the molecule is NCCc1nc(C(=O)Nc2ccc(N3CCCC3)nc2)cs1. The first kappa shape index (κ1) is 14.9. The normalized spacial score (nSPS) is 14.3. The molecule has 0 unspecified atom stereocenters. The lowest BCUT2D eigenvalue weighted by Gasteiger charge is -2.16. The number of carbonyl (C=O) groups excluding carboxylic acids is 1. The maximum absolute atomic E-state index is 12.1. The highest BCUT2D eigenvalue weighted by Gasteiger charge is 2.14. The van der Waals surface area contributed by atoms with Crippen LogP contribution in [0.15, 0.2) is 23.7 Å². The lowest BCUT2D eigenvalue weighted by atomic mass is 10.3. The van der Waals surface area contributed by atoms with Crippen LogP contribution >= 0.6 is 11.3 Å². The first-order valence-corrected chi connectivity index (χ1v) is 8.31. The summed E-state index contributed by atoms with van der Waals surface area (Å²) in [5, 5.41) is 5.47. The Hall–Kier alpha value is -1.99. The zero-order valence-corrected chi connectivity index (χ0v) is 13.1. The zero-order chi connectivity index (χ0) is 15.4. The van der Waals surface area contributed by atoms with Gasteiger partial charge in [-0.1, -0.05) is 0 Å². The molecule has 1 aliphatic heterocycles. The van der Waals surface area contributed by atoms with Gasteiger partial charge in [-0.2, -0.15) is 0 Å². The maximum atomic E-state index is 12.1. The van der Waals surface area contributed by atoms with Crippen LogP contribution < -0.4 is 16.0 Å². The van der Waals surface area contributed by atoms with Crippen molar-refractivity contribution >= 4 is 28.7 Å². The summed E-state index contributed by atoms with van der Waals surface area (Å²) >= 11 is 1.46. The largest absolute Gasteiger partial charge is 0.357 e. The number of anilines is 2. The van der Waals surface area contributed by atoms with Crippen LogP contribution in [0.5, 0.6) is 0 Å². The third-order valence-corrected chi connectivity index (χ3v) is 4.49. The van der Waals surface area contributed by atoms with Gasteiger partial charge in [0, 0.05) is 24.9 Å². The number of nitrogens with one attached hydrogen (secondary N) is 1. The van der Waals surface area contributed by atoms with Gasteiger partial charge in [-0.3, -0.25) is 4.79 Å². The molecule has 3 heterocycles. The van der Waals surface area contributed by atoms with E-state index in [4.69, 9.17) is 5.73 Å². The average Bonchev–Trinajstić information content (AvgIpc) is 3.20. The van der Waals surface area contributed by atoms with Crippen LogP contribution in [0.2, 0.25) is 0 Å². The van der Waals surface area contributed by atoms with Gasteiger partial charge in [-0.15, -0.1) is 11.3 Å². The van der Waals surface area contributed by atoms with Crippen molar-refractivity contribution in [2.75, 3.05) is 29.9 Å². The minimum absolute atomic E-state index is 0.213. The predicted octanol–water partition coefficient (Wildman–Crippen LogP) is 1.89. The van der Waals surface area contributed by atoms with E-state index in [1.165, 1.54) is 24.2 Å². The highest BCUT2D eigenvalue weighted by atomic mass is 32.1. The van der Waals surface area contributed by atoms with Crippen molar-refractivity contribution in [1.82, 2.24) is 9.97 Å². The number of rotatable bonds is 5. The molecule has 2 aromatic heterocycles. The lowest BCUT2D eigenvalue weighted by Crippen LogP contribution is -2.19. The standard InChI is InChI=1S/C15H19N5OS/c16-6-5-14-19-12(10-22-14)15(21)18-11-3-4-13(17-9-11)20-7-1-2-8-20/h3-4,9-10H,1-2,5-8,16H2,(H,18,21). The number of thiazole rings is 1. The highest BCUT2D eigenvalue weighted by molar-refractivity contribution is 7.09. The molecule has 2 aromatic rings. The Morgan fingerprint density at radius 1 is 1.36 bits per heavy atom. The first-order valence-electron chi connectivity index (χ1n) is 7.43. The molecule has 7 heteroatoms. The van der Waals surface area contributed by atoms with Gasteiger partial charge in [0.1, 0.15) is 11.5 Å². The van der Waals surface area contributed by atoms with Gasteiger partial charge in [0.2, 0.25) is 0 Å². The van der Waals surface area contributed by atoms with Gasteiger partial charge >= 0.3 is 0 Å². The summed E-state index contributed by atoms with van der Waals surface area (Å²) in [5.41, 5.74) is 6.60. The molecule has 0 aliphatic carbocycles. The second kappa shape index (κ2) is 6.85. The third-order valence-electron chi connectivity index (χ3n) is 3.58. The number of pyridine rings is 1. The van der Waals surface area contributed by atoms with E-state index in [-0.39, 0.29) is 5.91 Å². The molecule has 0 atom stereocenters. The van der Waals surface area contributed by atoms with E-state index in [2.05, 4.69) is 20.2 Å². The van der Waals surface area contributed by atoms with Gasteiger partial charge in [0.25, 0.3) is 5.91 Å². The molecule has 22 heavy (non-hydrogen) atoms. The van der Waals surface area contributed by atoms with Crippen molar-refractivity contribution in [2.24, 2.45) is 5.73 Å². The van der Waals surface area contributed by atoms with Gasteiger partial charge in [0.15, 0.2) is 0 Å². The second-order valence-electron chi connectivity index (χ2n) is 5.22. The molecular formula is C15H19N5OS. The number of hydrogen-bond acceptors (Lipinski definition) is 6. The van der Waals surface area contributed by atoms with Crippen molar-refractivity contribution < 1.29 is 4.79 Å². The van der Waals surface area contributed by atoms with E-state index < -0.39 is 0 Å². The quantitative estimate of drug-likeness (QED) is 0.880. The summed E-state index contributed by atoms with van der Waals surface area (Å²) < 4.78 is 0.